The van der Waals surface area contributed by atoms with Crippen LogP contribution in [0.5, 0.6) is 0 Å². The maximum Gasteiger partial charge on any atom is 0.330 e. The normalized spacial score (nSPS) is 10.8. The van der Waals surface area contributed by atoms with Gasteiger partial charge in [-0.1, -0.05) is 6.92 Å². The molecule has 2 aromatic rings. The number of nitrogens with two attached hydrogens (primary N) is 1. The first kappa shape index (κ1) is 14.9. The van der Waals surface area contributed by atoms with Crippen molar-refractivity contribution in [2.45, 2.75) is 26.3 Å². The highest BCUT2D eigenvalue weighted by Gasteiger charge is 2.11. The monoisotopic (exact) mass is 292 g/mol. The molecule has 21 heavy (non-hydrogen) atoms. The van der Waals surface area contributed by atoms with Crippen molar-refractivity contribution >= 4 is 11.5 Å². The molecule has 2 heterocycles. The summed E-state index contributed by atoms with van der Waals surface area (Å²) in [5, 5.41) is 7.24. The molecule has 0 amide bonds. The molecule has 0 saturated carbocycles. The number of nitrogen functional groups attached to an aromatic ring is 1. The quantitative estimate of drug-likeness (QED) is 0.689. The number of hydrogen-bond donors (Lipinski definition) is 3. The van der Waals surface area contributed by atoms with Crippen LogP contribution in [0.2, 0.25) is 0 Å². The van der Waals surface area contributed by atoms with E-state index in [1.807, 2.05) is 26.2 Å². The molecule has 0 saturated heterocycles. The number of rotatable bonds is 6. The van der Waals surface area contributed by atoms with Gasteiger partial charge in [0.15, 0.2) is 0 Å². The van der Waals surface area contributed by atoms with Crippen LogP contribution in [0.3, 0.4) is 0 Å². The van der Waals surface area contributed by atoms with Gasteiger partial charge in [0.2, 0.25) is 0 Å². The Morgan fingerprint density at radius 1 is 1.43 bits per heavy atom. The molecule has 0 aromatic carbocycles. The Morgan fingerprint density at radius 2 is 2.19 bits per heavy atom. The standard InChI is InChI=1S/C13H20N6O2/c1-3-7-19-11(14)10(12(20)16-13(19)21)15-6-4-9-5-8-18(2)17-9/h5,8,15H,3-4,6-7,14H2,1-2H3,(H,16,20,21). The molecule has 0 spiro atoms. The van der Waals surface area contributed by atoms with Crippen molar-refractivity contribution in [2.75, 3.05) is 17.6 Å². The van der Waals surface area contributed by atoms with E-state index in [9.17, 15) is 9.59 Å². The predicted molar refractivity (Wildman–Crippen MR) is 81.4 cm³/mol. The molecule has 0 aliphatic rings. The molecule has 0 unspecified atom stereocenters. The Hall–Kier alpha value is -2.51. The second-order valence-corrected chi connectivity index (χ2v) is 4.83. The summed E-state index contributed by atoms with van der Waals surface area (Å²) in [7, 11) is 1.85. The largest absolute Gasteiger partial charge is 0.383 e. The SMILES string of the molecule is CCCn1c(N)c(NCCc2ccn(C)n2)c(=O)[nH]c1=O. The lowest BCUT2D eigenvalue weighted by Gasteiger charge is -2.12. The zero-order valence-electron chi connectivity index (χ0n) is 12.2. The van der Waals surface area contributed by atoms with E-state index in [2.05, 4.69) is 15.4 Å². The van der Waals surface area contributed by atoms with Crippen LogP contribution in [-0.4, -0.2) is 25.9 Å². The Balaban J connectivity index is 2.14. The third-order valence-corrected chi connectivity index (χ3v) is 3.14. The Kier molecular flexibility index (Phi) is 4.46. The van der Waals surface area contributed by atoms with E-state index in [1.54, 1.807) is 4.68 Å². The molecule has 2 rings (SSSR count). The van der Waals surface area contributed by atoms with Crippen LogP contribution < -0.4 is 22.3 Å². The molecule has 2 aromatic heterocycles. The number of nitrogens with zero attached hydrogens (tertiary/aromatic N) is 3. The number of anilines is 2. The Bertz CT molecular complexity index is 727. The average molecular weight is 292 g/mol. The van der Waals surface area contributed by atoms with Crippen LogP contribution >= 0.6 is 0 Å². The fourth-order valence-electron chi connectivity index (χ4n) is 2.12. The van der Waals surface area contributed by atoms with Gasteiger partial charge in [-0.3, -0.25) is 19.0 Å². The first-order chi connectivity index (χ1) is 10.0. The van der Waals surface area contributed by atoms with Crippen molar-refractivity contribution in [3.63, 3.8) is 0 Å². The number of aromatic nitrogens is 4. The highest BCUT2D eigenvalue weighted by Crippen LogP contribution is 2.10. The first-order valence-electron chi connectivity index (χ1n) is 6.88. The average Bonchev–Trinajstić information content (AvgIpc) is 2.84. The summed E-state index contributed by atoms with van der Waals surface area (Å²) in [5.74, 6) is 0.173. The van der Waals surface area contributed by atoms with E-state index in [0.29, 0.717) is 19.5 Å². The zero-order valence-corrected chi connectivity index (χ0v) is 12.2. The van der Waals surface area contributed by atoms with E-state index in [0.717, 1.165) is 12.1 Å². The summed E-state index contributed by atoms with van der Waals surface area (Å²) in [5.41, 5.74) is 6.10. The molecule has 0 radical (unpaired) electrons. The van der Waals surface area contributed by atoms with Gasteiger partial charge in [-0.05, 0) is 12.5 Å². The summed E-state index contributed by atoms with van der Waals surface area (Å²) in [4.78, 5) is 25.8. The molecule has 0 aliphatic carbocycles. The minimum absolute atomic E-state index is 0.173. The molecule has 0 atom stereocenters. The fraction of sp³-hybridized carbons (Fsp3) is 0.462. The van der Waals surface area contributed by atoms with Crippen LogP contribution in [0, 0.1) is 0 Å². The third-order valence-electron chi connectivity index (χ3n) is 3.14. The van der Waals surface area contributed by atoms with Crippen LogP contribution in [-0.2, 0) is 20.0 Å². The van der Waals surface area contributed by atoms with Gasteiger partial charge in [-0.15, -0.1) is 0 Å². The maximum absolute atomic E-state index is 11.8. The Labute approximate surface area is 121 Å². The smallest absolute Gasteiger partial charge is 0.330 e. The van der Waals surface area contributed by atoms with E-state index < -0.39 is 11.2 Å². The second kappa shape index (κ2) is 6.29. The molecule has 114 valence electrons. The highest BCUT2D eigenvalue weighted by molar-refractivity contribution is 5.60. The van der Waals surface area contributed by atoms with E-state index >= 15 is 0 Å². The molecular weight excluding hydrogens is 272 g/mol. The van der Waals surface area contributed by atoms with Gasteiger partial charge in [-0.2, -0.15) is 5.10 Å². The van der Waals surface area contributed by atoms with Crippen LogP contribution in [0.4, 0.5) is 11.5 Å². The fourth-order valence-corrected chi connectivity index (χ4v) is 2.12. The van der Waals surface area contributed by atoms with Gasteiger partial charge >= 0.3 is 5.69 Å². The first-order valence-corrected chi connectivity index (χ1v) is 6.88. The number of H-pyrrole nitrogens is 1. The van der Waals surface area contributed by atoms with E-state index in [4.69, 9.17) is 5.73 Å². The topological polar surface area (TPSA) is 111 Å². The van der Waals surface area contributed by atoms with Crippen molar-refractivity contribution in [1.82, 2.24) is 19.3 Å². The maximum atomic E-state index is 11.8. The number of hydrogen-bond acceptors (Lipinski definition) is 5. The van der Waals surface area contributed by atoms with Gasteiger partial charge in [0, 0.05) is 32.8 Å². The zero-order chi connectivity index (χ0) is 15.4. The van der Waals surface area contributed by atoms with E-state index in [-0.39, 0.29) is 11.5 Å². The van der Waals surface area contributed by atoms with Gasteiger partial charge in [0.1, 0.15) is 11.5 Å². The molecule has 8 nitrogen and oxygen atoms in total. The van der Waals surface area contributed by atoms with Crippen LogP contribution in [0.1, 0.15) is 19.0 Å². The molecular formula is C13H20N6O2. The van der Waals surface area contributed by atoms with Gasteiger partial charge in [0.05, 0.1) is 5.69 Å². The lowest BCUT2D eigenvalue weighted by Crippen LogP contribution is -2.34. The van der Waals surface area contributed by atoms with Gasteiger partial charge in [0.25, 0.3) is 5.56 Å². The molecule has 0 bridgehead atoms. The lowest BCUT2D eigenvalue weighted by atomic mass is 10.3. The van der Waals surface area contributed by atoms with Gasteiger partial charge < -0.3 is 11.1 Å². The molecule has 4 N–H and O–H groups in total. The van der Waals surface area contributed by atoms with Crippen molar-refractivity contribution in [3.8, 4) is 0 Å². The van der Waals surface area contributed by atoms with Crippen molar-refractivity contribution < 1.29 is 0 Å². The van der Waals surface area contributed by atoms with Crippen molar-refractivity contribution in [2.24, 2.45) is 7.05 Å². The van der Waals surface area contributed by atoms with E-state index in [1.165, 1.54) is 4.57 Å². The van der Waals surface area contributed by atoms with Gasteiger partial charge in [-0.25, -0.2) is 4.79 Å². The highest BCUT2D eigenvalue weighted by atomic mass is 16.2. The summed E-state index contributed by atoms with van der Waals surface area (Å²) in [6, 6.07) is 1.91. The molecule has 0 fully saturated rings. The minimum atomic E-state index is -0.495. The predicted octanol–water partition coefficient (Wildman–Crippen LogP) is -0.0831. The number of aromatic amines is 1. The summed E-state index contributed by atoms with van der Waals surface area (Å²) in [6.45, 7) is 2.91. The molecule has 8 heteroatoms. The summed E-state index contributed by atoms with van der Waals surface area (Å²) in [6.07, 6.45) is 3.27. The number of nitrogens with one attached hydrogen (secondary N) is 2. The second-order valence-electron chi connectivity index (χ2n) is 4.83. The molecule has 0 aliphatic heterocycles. The van der Waals surface area contributed by atoms with Crippen molar-refractivity contribution in [3.05, 3.63) is 38.8 Å². The van der Waals surface area contributed by atoms with Crippen LogP contribution in [0.15, 0.2) is 21.9 Å². The Morgan fingerprint density at radius 3 is 2.81 bits per heavy atom. The van der Waals surface area contributed by atoms with Crippen molar-refractivity contribution in [1.29, 1.82) is 0 Å². The number of aryl methyl sites for hydroxylation is 1. The summed E-state index contributed by atoms with van der Waals surface area (Å²) < 4.78 is 3.09. The lowest BCUT2D eigenvalue weighted by molar-refractivity contribution is 0.642. The minimum Gasteiger partial charge on any atom is -0.383 e. The third kappa shape index (κ3) is 3.33. The van der Waals surface area contributed by atoms with Crippen LogP contribution in [0.25, 0.3) is 0 Å². The summed E-state index contributed by atoms with van der Waals surface area (Å²) >= 11 is 0.